The number of hydrogen-bond acceptors (Lipinski definition) is 6. The van der Waals surface area contributed by atoms with Gasteiger partial charge in [-0.25, -0.2) is 0 Å². The third-order valence-electron chi connectivity index (χ3n) is 14.7. The Balaban J connectivity index is 3.98. The molecule has 0 spiro atoms. The average molecular weight is 1080 g/mol. The second-order valence-electron chi connectivity index (χ2n) is 22.4. The zero-order valence-electron chi connectivity index (χ0n) is 51.2. The van der Waals surface area contributed by atoms with Gasteiger partial charge in [-0.1, -0.05) is 306 Å². The van der Waals surface area contributed by atoms with Gasteiger partial charge in [-0.3, -0.25) is 14.4 Å². The predicted octanol–water partition coefficient (Wildman–Crippen LogP) is 22.9. The van der Waals surface area contributed by atoms with Crippen molar-refractivity contribution in [3.63, 3.8) is 0 Å². The molecule has 0 fully saturated rings. The summed E-state index contributed by atoms with van der Waals surface area (Å²) in [7, 11) is 0. The molecule has 1 atom stereocenters. The standard InChI is InChI=1S/C71H126O6/c1-4-7-10-13-15-17-19-21-23-25-27-29-31-32-33-34-35-36-37-38-40-41-43-45-47-49-51-53-55-58-61-64-70(73)76-67-68(66-75-69(72)63-60-57-12-9-6-3)77-71(74)65-62-59-56-54-52-50-48-46-44-42-39-30-28-26-24-22-20-18-16-14-11-8-5-2/h8,11,16,18,22,24-25,27-28,30,42,44,68H,4-7,9-10,12-15,17,19-21,23,26,29,31-41,43,45-67H2,1-3H3/b11-8-,18-16-,24-22-,27-25-,30-28-,44-42-. The van der Waals surface area contributed by atoms with E-state index in [2.05, 4.69) is 93.7 Å². The van der Waals surface area contributed by atoms with Crippen molar-refractivity contribution in [1.82, 2.24) is 0 Å². The van der Waals surface area contributed by atoms with E-state index in [9.17, 15) is 14.4 Å². The lowest BCUT2D eigenvalue weighted by Crippen LogP contribution is -2.30. The molecule has 6 nitrogen and oxygen atoms in total. The van der Waals surface area contributed by atoms with E-state index >= 15 is 0 Å². The van der Waals surface area contributed by atoms with E-state index in [1.54, 1.807) is 0 Å². The number of esters is 3. The van der Waals surface area contributed by atoms with Gasteiger partial charge in [0, 0.05) is 19.3 Å². The molecule has 0 heterocycles. The summed E-state index contributed by atoms with van der Waals surface area (Å²) < 4.78 is 16.8. The van der Waals surface area contributed by atoms with Crippen molar-refractivity contribution in [2.45, 2.75) is 348 Å². The summed E-state index contributed by atoms with van der Waals surface area (Å²) in [6.07, 6.45) is 85.5. The van der Waals surface area contributed by atoms with Crippen molar-refractivity contribution in [3.8, 4) is 0 Å². The monoisotopic (exact) mass is 1070 g/mol. The topological polar surface area (TPSA) is 78.9 Å². The van der Waals surface area contributed by atoms with Gasteiger partial charge >= 0.3 is 17.9 Å². The number of rotatable bonds is 61. The molecule has 0 aliphatic heterocycles. The van der Waals surface area contributed by atoms with Crippen LogP contribution in [0.4, 0.5) is 0 Å². The molecule has 0 amide bonds. The van der Waals surface area contributed by atoms with Crippen LogP contribution in [0.5, 0.6) is 0 Å². The predicted molar refractivity (Wildman–Crippen MR) is 335 cm³/mol. The summed E-state index contributed by atoms with van der Waals surface area (Å²) in [6.45, 7) is 6.47. The van der Waals surface area contributed by atoms with Crippen LogP contribution in [-0.2, 0) is 28.6 Å². The van der Waals surface area contributed by atoms with Gasteiger partial charge in [0.2, 0.25) is 0 Å². The van der Waals surface area contributed by atoms with Gasteiger partial charge in [-0.2, -0.15) is 0 Å². The van der Waals surface area contributed by atoms with Crippen LogP contribution in [-0.4, -0.2) is 37.2 Å². The smallest absolute Gasteiger partial charge is 0.306 e. The molecule has 0 saturated heterocycles. The van der Waals surface area contributed by atoms with Crippen LogP contribution in [0.1, 0.15) is 342 Å². The first-order valence-corrected chi connectivity index (χ1v) is 33.4. The van der Waals surface area contributed by atoms with E-state index in [1.165, 1.54) is 199 Å². The van der Waals surface area contributed by atoms with Gasteiger partial charge in [-0.15, -0.1) is 0 Å². The molecule has 0 rings (SSSR count). The molecule has 0 radical (unpaired) electrons. The highest BCUT2D eigenvalue weighted by atomic mass is 16.6. The Morgan fingerprint density at radius 1 is 0.273 bits per heavy atom. The molecule has 0 bridgehead atoms. The quantitative estimate of drug-likeness (QED) is 0.0261. The molecule has 6 heteroatoms. The maximum absolute atomic E-state index is 12.8. The van der Waals surface area contributed by atoms with Gasteiger partial charge in [-0.05, 0) is 89.9 Å². The third-order valence-corrected chi connectivity index (χ3v) is 14.7. The van der Waals surface area contributed by atoms with Crippen molar-refractivity contribution in [1.29, 1.82) is 0 Å². The van der Waals surface area contributed by atoms with E-state index in [1.807, 2.05) is 0 Å². The lowest BCUT2D eigenvalue weighted by molar-refractivity contribution is -0.167. The SMILES string of the molecule is CC/C=C\C/C=C\C/C=C\C/C=C\C/C=C\CCCCCCCCCC(=O)OC(COC(=O)CCCCCCC)COC(=O)CCCCCCCCCCCCCCCCCCCCC/C=C\CCCCCCCCCC. The third kappa shape index (κ3) is 63.6. The summed E-state index contributed by atoms with van der Waals surface area (Å²) in [4.78, 5) is 38.0. The fourth-order valence-electron chi connectivity index (χ4n) is 9.70. The molecule has 446 valence electrons. The second-order valence-corrected chi connectivity index (χ2v) is 22.4. The van der Waals surface area contributed by atoms with Crippen LogP contribution in [0, 0.1) is 0 Å². The van der Waals surface area contributed by atoms with E-state index < -0.39 is 6.10 Å². The van der Waals surface area contributed by atoms with Crippen molar-refractivity contribution < 1.29 is 28.6 Å². The molecule has 0 aliphatic carbocycles. The first-order chi connectivity index (χ1) is 38.0. The summed E-state index contributed by atoms with van der Waals surface area (Å²) in [5.41, 5.74) is 0. The number of allylic oxidation sites excluding steroid dienone is 12. The maximum atomic E-state index is 12.8. The molecule has 0 aliphatic rings. The van der Waals surface area contributed by atoms with Gasteiger partial charge in [0.15, 0.2) is 6.10 Å². The second kappa shape index (κ2) is 65.4. The Bertz CT molecular complexity index is 1420. The Labute approximate surface area is 478 Å². The maximum Gasteiger partial charge on any atom is 0.306 e. The highest BCUT2D eigenvalue weighted by Crippen LogP contribution is 2.17. The lowest BCUT2D eigenvalue weighted by Gasteiger charge is -2.18. The van der Waals surface area contributed by atoms with Crippen LogP contribution in [0.25, 0.3) is 0 Å². The van der Waals surface area contributed by atoms with Crippen LogP contribution in [0.3, 0.4) is 0 Å². The van der Waals surface area contributed by atoms with Crippen LogP contribution in [0.2, 0.25) is 0 Å². The zero-order valence-corrected chi connectivity index (χ0v) is 51.2. The van der Waals surface area contributed by atoms with Crippen LogP contribution in [0.15, 0.2) is 72.9 Å². The molecular weight excluding hydrogens is 949 g/mol. The van der Waals surface area contributed by atoms with Crippen molar-refractivity contribution >= 4 is 17.9 Å². The van der Waals surface area contributed by atoms with Gasteiger partial charge in [0.05, 0.1) is 0 Å². The number of unbranched alkanes of at least 4 members (excludes halogenated alkanes) is 38. The van der Waals surface area contributed by atoms with E-state index in [0.29, 0.717) is 19.3 Å². The van der Waals surface area contributed by atoms with Crippen LogP contribution >= 0.6 is 0 Å². The van der Waals surface area contributed by atoms with E-state index in [4.69, 9.17) is 14.2 Å². The molecule has 77 heavy (non-hydrogen) atoms. The molecule has 0 aromatic carbocycles. The van der Waals surface area contributed by atoms with Gasteiger partial charge < -0.3 is 14.2 Å². The molecular formula is C71H126O6. The minimum atomic E-state index is -0.778. The highest BCUT2D eigenvalue weighted by Gasteiger charge is 2.19. The average Bonchev–Trinajstić information content (AvgIpc) is 3.43. The Morgan fingerprint density at radius 3 is 0.805 bits per heavy atom. The summed E-state index contributed by atoms with van der Waals surface area (Å²) >= 11 is 0. The van der Waals surface area contributed by atoms with Gasteiger partial charge in [0.1, 0.15) is 13.2 Å². The number of carbonyl (C=O) groups excluding carboxylic acids is 3. The Kier molecular flexibility index (Phi) is 62.7. The Hall–Kier alpha value is -3.15. The lowest BCUT2D eigenvalue weighted by atomic mass is 10.0. The number of carbonyl (C=O) groups is 3. The largest absolute Gasteiger partial charge is 0.462 e. The molecule has 0 saturated carbocycles. The fourth-order valence-corrected chi connectivity index (χ4v) is 9.70. The Morgan fingerprint density at radius 2 is 0.506 bits per heavy atom. The fraction of sp³-hybridized carbons (Fsp3) is 0.789. The van der Waals surface area contributed by atoms with Crippen molar-refractivity contribution in [2.24, 2.45) is 0 Å². The van der Waals surface area contributed by atoms with Crippen LogP contribution < -0.4 is 0 Å². The first kappa shape index (κ1) is 73.8. The van der Waals surface area contributed by atoms with E-state index in [0.717, 1.165) is 103 Å². The highest BCUT2D eigenvalue weighted by molar-refractivity contribution is 5.71. The molecule has 1 unspecified atom stereocenters. The number of hydrogen-bond donors (Lipinski definition) is 0. The van der Waals surface area contributed by atoms with Crippen molar-refractivity contribution in [2.75, 3.05) is 13.2 Å². The summed E-state index contributed by atoms with van der Waals surface area (Å²) in [5, 5.41) is 0. The minimum absolute atomic E-state index is 0.0773. The summed E-state index contributed by atoms with van der Waals surface area (Å²) in [5.74, 6) is -0.889. The van der Waals surface area contributed by atoms with Gasteiger partial charge in [0.25, 0.3) is 0 Å². The first-order valence-electron chi connectivity index (χ1n) is 33.4. The van der Waals surface area contributed by atoms with Crippen molar-refractivity contribution in [3.05, 3.63) is 72.9 Å². The molecule has 0 N–H and O–H groups in total. The normalized spacial score (nSPS) is 12.5. The zero-order chi connectivity index (χ0) is 55.7. The molecule has 0 aromatic heterocycles. The minimum Gasteiger partial charge on any atom is -0.462 e. The van der Waals surface area contributed by atoms with E-state index in [-0.39, 0.29) is 31.1 Å². The molecule has 0 aromatic rings. The summed E-state index contributed by atoms with van der Waals surface area (Å²) in [6, 6.07) is 0. The number of ether oxygens (including phenoxy) is 3.